The first-order valence-electron chi connectivity index (χ1n) is 9.62. The summed E-state index contributed by atoms with van der Waals surface area (Å²) in [7, 11) is 0. The SMILES string of the molecule is C[C@H](C(=O)N1CCN(c2ccccc2)CC1)N1CCc2ccccc2C1. The molecule has 0 aromatic heterocycles. The maximum absolute atomic E-state index is 13.0. The predicted molar refractivity (Wildman–Crippen MR) is 105 cm³/mol. The van der Waals surface area contributed by atoms with Gasteiger partial charge in [0.15, 0.2) is 0 Å². The van der Waals surface area contributed by atoms with Crippen LogP contribution in [0.15, 0.2) is 54.6 Å². The van der Waals surface area contributed by atoms with E-state index < -0.39 is 0 Å². The molecule has 0 saturated carbocycles. The largest absolute Gasteiger partial charge is 0.368 e. The number of rotatable bonds is 3. The highest BCUT2D eigenvalue weighted by Crippen LogP contribution is 2.22. The van der Waals surface area contributed by atoms with Crippen molar-refractivity contribution in [3.63, 3.8) is 0 Å². The second kappa shape index (κ2) is 7.50. The molecule has 2 aromatic rings. The number of piperazine rings is 1. The van der Waals surface area contributed by atoms with Crippen molar-refractivity contribution in [2.45, 2.75) is 25.9 Å². The Balaban J connectivity index is 1.35. The fraction of sp³-hybridized carbons (Fsp3) is 0.409. The Labute approximate surface area is 156 Å². The zero-order chi connectivity index (χ0) is 17.9. The van der Waals surface area contributed by atoms with Crippen molar-refractivity contribution in [1.29, 1.82) is 0 Å². The van der Waals surface area contributed by atoms with Crippen LogP contribution in [0.5, 0.6) is 0 Å². The van der Waals surface area contributed by atoms with Crippen molar-refractivity contribution in [3.05, 3.63) is 65.7 Å². The molecule has 2 aromatic carbocycles. The van der Waals surface area contributed by atoms with Gasteiger partial charge < -0.3 is 9.80 Å². The Bertz CT molecular complexity index is 753. The number of fused-ring (bicyclic) bond motifs is 1. The van der Waals surface area contributed by atoms with E-state index in [9.17, 15) is 4.79 Å². The fourth-order valence-corrected chi connectivity index (χ4v) is 4.09. The summed E-state index contributed by atoms with van der Waals surface area (Å²) in [4.78, 5) is 19.8. The first-order chi connectivity index (χ1) is 12.7. The van der Waals surface area contributed by atoms with E-state index in [1.54, 1.807) is 0 Å². The summed E-state index contributed by atoms with van der Waals surface area (Å²) in [6, 6.07) is 19.0. The minimum Gasteiger partial charge on any atom is -0.368 e. The molecule has 4 rings (SSSR count). The van der Waals surface area contributed by atoms with Gasteiger partial charge in [0.25, 0.3) is 0 Å². The molecule has 0 spiro atoms. The Morgan fingerprint density at radius 3 is 2.23 bits per heavy atom. The number of hydrogen-bond acceptors (Lipinski definition) is 3. The van der Waals surface area contributed by atoms with E-state index in [0.717, 1.165) is 45.7 Å². The fourth-order valence-electron chi connectivity index (χ4n) is 4.09. The van der Waals surface area contributed by atoms with Gasteiger partial charge in [-0.15, -0.1) is 0 Å². The number of carbonyl (C=O) groups is 1. The minimum absolute atomic E-state index is 0.0494. The standard InChI is InChI=1S/C22H27N3O/c1-18(25-12-11-19-7-5-6-8-20(19)17-25)22(26)24-15-13-23(14-16-24)21-9-3-2-4-10-21/h2-10,18H,11-17H2,1H3/t18-/m1/s1. The second-order valence-corrected chi connectivity index (χ2v) is 7.31. The second-order valence-electron chi connectivity index (χ2n) is 7.31. The third kappa shape index (κ3) is 3.47. The summed E-state index contributed by atoms with van der Waals surface area (Å²) in [5.41, 5.74) is 4.05. The van der Waals surface area contributed by atoms with Gasteiger partial charge in [0, 0.05) is 45.0 Å². The number of benzene rings is 2. The van der Waals surface area contributed by atoms with Gasteiger partial charge in [-0.2, -0.15) is 0 Å². The molecule has 0 unspecified atom stereocenters. The van der Waals surface area contributed by atoms with E-state index >= 15 is 0 Å². The van der Waals surface area contributed by atoms with E-state index in [2.05, 4.69) is 65.3 Å². The number of amides is 1. The maximum Gasteiger partial charge on any atom is 0.239 e. The van der Waals surface area contributed by atoms with Crippen LogP contribution in [0.4, 0.5) is 5.69 Å². The van der Waals surface area contributed by atoms with Gasteiger partial charge in [-0.1, -0.05) is 42.5 Å². The number of para-hydroxylation sites is 1. The van der Waals surface area contributed by atoms with Crippen molar-refractivity contribution in [3.8, 4) is 0 Å². The highest BCUT2D eigenvalue weighted by molar-refractivity contribution is 5.81. The van der Waals surface area contributed by atoms with Crippen LogP contribution >= 0.6 is 0 Å². The van der Waals surface area contributed by atoms with E-state index in [4.69, 9.17) is 0 Å². The zero-order valence-corrected chi connectivity index (χ0v) is 15.5. The Hall–Kier alpha value is -2.33. The molecule has 136 valence electrons. The lowest BCUT2D eigenvalue weighted by Crippen LogP contribution is -2.54. The molecule has 1 atom stereocenters. The molecule has 2 heterocycles. The molecule has 0 N–H and O–H groups in total. The first kappa shape index (κ1) is 17.1. The van der Waals surface area contributed by atoms with Gasteiger partial charge in [0.1, 0.15) is 0 Å². The summed E-state index contributed by atoms with van der Waals surface area (Å²) < 4.78 is 0. The van der Waals surface area contributed by atoms with Gasteiger partial charge in [-0.05, 0) is 36.6 Å². The Morgan fingerprint density at radius 1 is 0.846 bits per heavy atom. The van der Waals surface area contributed by atoms with Crippen LogP contribution in [0.25, 0.3) is 0 Å². The molecule has 0 aliphatic carbocycles. The van der Waals surface area contributed by atoms with Gasteiger partial charge in [-0.3, -0.25) is 9.69 Å². The lowest BCUT2D eigenvalue weighted by molar-refractivity contribution is -0.137. The van der Waals surface area contributed by atoms with Crippen LogP contribution in [-0.2, 0) is 17.8 Å². The summed E-state index contributed by atoms with van der Waals surface area (Å²) in [6.07, 6.45) is 1.04. The molecule has 2 aliphatic heterocycles. The number of carbonyl (C=O) groups excluding carboxylic acids is 1. The molecule has 1 amide bonds. The maximum atomic E-state index is 13.0. The monoisotopic (exact) mass is 349 g/mol. The van der Waals surface area contributed by atoms with Crippen molar-refractivity contribution >= 4 is 11.6 Å². The molecular weight excluding hydrogens is 322 g/mol. The molecule has 4 heteroatoms. The summed E-state index contributed by atoms with van der Waals surface area (Å²) in [5.74, 6) is 0.275. The molecule has 26 heavy (non-hydrogen) atoms. The van der Waals surface area contributed by atoms with Crippen molar-refractivity contribution in [2.24, 2.45) is 0 Å². The van der Waals surface area contributed by atoms with Crippen LogP contribution < -0.4 is 4.90 Å². The topological polar surface area (TPSA) is 26.8 Å². The lowest BCUT2D eigenvalue weighted by atomic mass is 9.98. The molecular formula is C22H27N3O. The summed E-state index contributed by atoms with van der Waals surface area (Å²) in [5, 5.41) is 0. The van der Waals surface area contributed by atoms with Gasteiger partial charge in [-0.25, -0.2) is 0 Å². The van der Waals surface area contributed by atoms with Gasteiger partial charge in [0.05, 0.1) is 6.04 Å². The van der Waals surface area contributed by atoms with E-state index in [-0.39, 0.29) is 11.9 Å². The molecule has 1 saturated heterocycles. The van der Waals surface area contributed by atoms with E-state index in [0.29, 0.717) is 0 Å². The lowest BCUT2D eigenvalue weighted by Gasteiger charge is -2.40. The molecule has 1 fully saturated rings. The van der Waals surface area contributed by atoms with Gasteiger partial charge in [0.2, 0.25) is 5.91 Å². The van der Waals surface area contributed by atoms with Crippen LogP contribution in [-0.4, -0.2) is 54.5 Å². The highest BCUT2D eigenvalue weighted by Gasteiger charge is 2.30. The normalized spacial score (nSPS) is 19.1. The average Bonchev–Trinajstić information content (AvgIpc) is 2.73. The van der Waals surface area contributed by atoms with Crippen LogP contribution in [0, 0.1) is 0 Å². The van der Waals surface area contributed by atoms with E-state index in [1.165, 1.54) is 16.8 Å². The van der Waals surface area contributed by atoms with Crippen LogP contribution in [0.2, 0.25) is 0 Å². The Kier molecular flexibility index (Phi) is 4.93. The minimum atomic E-state index is -0.0494. The average molecular weight is 349 g/mol. The molecule has 0 radical (unpaired) electrons. The van der Waals surface area contributed by atoms with Gasteiger partial charge >= 0.3 is 0 Å². The predicted octanol–water partition coefficient (Wildman–Crippen LogP) is 2.78. The number of hydrogen-bond donors (Lipinski definition) is 0. The van der Waals surface area contributed by atoms with Crippen LogP contribution in [0.1, 0.15) is 18.1 Å². The zero-order valence-electron chi connectivity index (χ0n) is 15.5. The molecule has 4 nitrogen and oxygen atoms in total. The van der Waals surface area contributed by atoms with E-state index in [1.807, 2.05) is 11.0 Å². The smallest absolute Gasteiger partial charge is 0.239 e. The third-order valence-electron chi connectivity index (χ3n) is 5.78. The first-order valence-corrected chi connectivity index (χ1v) is 9.62. The van der Waals surface area contributed by atoms with Crippen molar-refractivity contribution in [1.82, 2.24) is 9.80 Å². The number of nitrogens with zero attached hydrogens (tertiary/aromatic N) is 3. The van der Waals surface area contributed by atoms with Crippen molar-refractivity contribution in [2.75, 3.05) is 37.6 Å². The summed E-state index contributed by atoms with van der Waals surface area (Å²) in [6.45, 7) is 7.35. The highest BCUT2D eigenvalue weighted by atomic mass is 16.2. The summed E-state index contributed by atoms with van der Waals surface area (Å²) >= 11 is 0. The number of anilines is 1. The molecule has 2 aliphatic rings. The third-order valence-corrected chi connectivity index (χ3v) is 5.78. The van der Waals surface area contributed by atoms with Crippen molar-refractivity contribution < 1.29 is 4.79 Å². The van der Waals surface area contributed by atoms with Crippen LogP contribution in [0.3, 0.4) is 0 Å². The molecule has 0 bridgehead atoms. The quantitative estimate of drug-likeness (QED) is 0.853. The Morgan fingerprint density at radius 2 is 1.50 bits per heavy atom.